The second-order valence-corrected chi connectivity index (χ2v) is 9.07. The quantitative estimate of drug-likeness (QED) is 0.457. The van der Waals surface area contributed by atoms with Crippen LogP contribution in [0, 0.1) is 0 Å². The third-order valence-electron chi connectivity index (χ3n) is 4.90. The van der Waals surface area contributed by atoms with Crippen molar-refractivity contribution < 1.29 is 9.53 Å². The van der Waals surface area contributed by atoms with Crippen LogP contribution in [0.15, 0.2) is 47.4 Å². The molecule has 2 aromatic carbocycles. The standard InChI is InChI=1S/C21H22ClN3O2S2.ClH/c1-28-17-5-2-15(3-6-17)20(26)25(9-8-24-10-12-27-13-11-24)21-23-18-7-4-16(22)14-19(18)29-21;/h2-7,14H,8-13H2,1H3;1H. The number of morpholine rings is 1. The Hall–Kier alpha value is -1.35. The van der Waals surface area contributed by atoms with Crippen LogP contribution < -0.4 is 4.90 Å². The van der Waals surface area contributed by atoms with Crippen LogP contribution in [-0.4, -0.2) is 61.4 Å². The lowest BCUT2D eigenvalue weighted by atomic mass is 10.2. The third-order valence-corrected chi connectivity index (χ3v) is 6.92. The average Bonchev–Trinajstić information content (AvgIpc) is 3.17. The highest BCUT2D eigenvalue weighted by Crippen LogP contribution is 2.31. The van der Waals surface area contributed by atoms with Crippen LogP contribution in [0.25, 0.3) is 10.2 Å². The lowest BCUT2D eigenvalue weighted by Crippen LogP contribution is -2.43. The maximum Gasteiger partial charge on any atom is 0.260 e. The number of fused-ring (bicyclic) bond motifs is 1. The van der Waals surface area contributed by atoms with Gasteiger partial charge in [-0.1, -0.05) is 22.9 Å². The fourth-order valence-electron chi connectivity index (χ4n) is 3.24. The van der Waals surface area contributed by atoms with E-state index in [1.807, 2.05) is 48.7 Å². The van der Waals surface area contributed by atoms with Crippen LogP contribution in [0.2, 0.25) is 5.02 Å². The first kappa shape index (κ1) is 23.3. The van der Waals surface area contributed by atoms with Crippen LogP contribution in [-0.2, 0) is 4.74 Å². The summed E-state index contributed by atoms with van der Waals surface area (Å²) in [4.78, 5) is 23.3. The molecule has 9 heteroatoms. The van der Waals surface area contributed by atoms with E-state index in [-0.39, 0.29) is 18.3 Å². The van der Waals surface area contributed by atoms with Crippen LogP contribution in [0.1, 0.15) is 10.4 Å². The van der Waals surface area contributed by atoms with Crippen LogP contribution >= 0.6 is 47.1 Å². The van der Waals surface area contributed by atoms with Gasteiger partial charge < -0.3 is 4.74 Å². The molecule has 0 N–H and O–H groups in total. The molecule has 5 nitrogen and oxygen atoms in total. The van der Waals surface area contributed by atoms with Gasteiger partial charge in [-0.15, -0.1) is 24.2 Å². The van der Waals surface area contributed by atoms with Crippen molar-refractivity contribution in [1.29, 1.82) is 0 Å². The molecule has 160 valence electrons. The SMILES string of the molecule is CSc1ccc(C(=O)N(CCN2CCOCC2)c2nc3ccc(Cl)cc3s2)cc1.Cl. The number of benzene rings is 2. The predicted octanol–water partition coefficient (Wildman–Crippen LogP) is 5.07. The monoisotopic (exact) mass is 483 g/mol. The van der Waals surface area contributed by atoms with Crippen molar-refractivity contribution in [3.8, 4) is 0 Å². The number of hydrogen-bond donors (Lipinski definition) is 0. The number of hydrogen-bond acceptors (Lipinski definition) is 6. The topological polar surface area (TPSA) is 45.7 Å². The first-order valence-electron chi connectivity index (χ1n) is 9.46. The predicted molar refractivity (Wildman–Crippen MR) is 129 cm³/mol. The molecule has 0 radical (unpaired) electrons. The van der Waals surface area contributed by atoms with Crippen molar-refractivity contribution in [2.24, 2.45) is 0 Å². The van der Waals surface area contributed by atoms with Gasteiger partial charge in [0.05, 0.1) is 23.4 Å². The van der Waals surface area contributed by atoms with Crippen molar-refractivity contribution in [3.05, 3.63) is 53.1 Å². The maximum absolute atomic E-state index is 13.4. The summed E-state index contributed by atoms with van der Waals surface area (Å²) in [5, 5.41) is 1.38. The van der Waals surface area contributed by atoms with Gasteiger partial charge in [-0.05, 0) is 48.7 Å². The van der Waals surface area contributed by atoms with Gasteiger partial charge in [0, 0.05) is 41.7 Å². The van der Waals surface area contributed by atoms with E-state index in [9.17, 15) is 4.79 Å². The first-order chi connectivity index (χ1) is 14.1. The average molecular weight is 484 g/mol. The molecule has 1 fully saturated rings. The number of amides is 1. The Morgan fingerprint density at radius 3 is 2.67 bits per heavy atom. The molecule has 1 aliphatic heterocycles. The number of aromatic nitrogens is 1. The van der Waals surface area contributed by atoms with E-state index in [2.05, 4.69) is 4.90 Å². The minimum Gasteiger partial charge on any atom is -0.379 e. The number of halogens is 2. The molecule has 1 amide bonds. The summed E-state index contributed by atoms with van der Waals surface area (Å²) in [6.07, 6.45) is 2.03. The summed E-state index contributed by atoms with van der Waals surface area (Å²) in [5.74, 6) is -0.0314. The molecule has 1 aliphatic rings. The summed E-state index contributed by atoms with van der Waals surface area (Å²) in [5.41, 5.74) is 1.53. The summed E-state index contributed by atoms with van der Waals surface area (Å²) in [6.45, 7) is 4.62. The zero-order chi connectivity index (χ0) is 20.2. The van der Waals surface area contributed by atoms with Crippen molar-refractivity contribution >= 4 is 68.4 Å². The summed E-state index contributed by atoms with van der Waals surface area (Å²) in [6, 6.07) is 13.4. The number of thioether (sulfide) groups is 1. The van der Waals surface area contributed by atoms with Gasteiger partial charge in [0.25, 0.3) is 5.91 Å². The van der Waals surface area contributed by atoms with Crippen LogP contribution in [0.3, 0.4) is 0 Å². The van der Waals surface area contributed by atoms with E-state index in [4.69, 9.17) is 21.3 Å². The molecular weight excluding hydrogens is 461 g/mol. The highest BCUT2D eigenvalue weighted by Gasteiger charge is 2.23. The fourth-order valence-corrected chi connectivity index (χ4v) is 4.92. The third kappa shape index (κ3) is 5.46. The largest absolute Gasteiger partial charge is 0.379 e. The summed E-state index contributed by atoms with van der Waals surface area (Å²) >= 11 is 9.30. The minimum atomic E-state index is -0.0314. The smallest absolute Gasteiger partial charge is 0.260 e. The number of anilines is 1. The minimum absolute atomic E-state index is 0. The van der Waals surface area contributed by atoms with Gasteiger partial charge in [-0.3, -0.25) is 14.6 Å². The Morgan fingerprint density at radius 1 is 1.23 bits per heavy atom. The molecule has 30 heavy (non-hydrogen) atoms. The van der Waals surface area contributed by atoms with E-state index in [1.165, 1.54) is 11.3 Å². The van der Waals surface area contributed by atoms with Crippen molar-refractivity contribution in [3.63, 3.8) is 0 Å². The van der Waals surface area contributed by atoms with E-state index < -0.39 is 0 Å². The van der Waals surface area contributed by atoms with E-state index in [1.54, 1.807) is 16.7 Å². The maximum atomic E-state index is 13.4. The number of carbonyl (C=O) groups is 1. The molecule has 0 aliphatic carbocycles. The lowest BCUT2D eigenvalue weighted by molar-refractivity contribution is 0.0391. The summed E-state index contributed by atoms with van der Waals surface area (Å²) in [7, 11) is 0. The highest BCUT2D eigenvalue weighted by molar-refractivity contribution is 7.98. The Morgan fingerprint density at radius 2 is 1.97 bits per heavy atom. The number of nitrogens with zero attached hydrogens (tertiary/aromatic N) is 3. The van der Waals surface area contributed by atoms with Gasteiger partial charge in [0.15, 0.2) is 5.13 Å². The Kier molecular flexibility index (Phi) is 8.39. The fraction of sp³-hybridized carbons (Fsp3) is 0.333. The van der Waals surface area contributed by atoms with E-state index in [0.717, 1.165) is 48.0 Å². The van der Waals surface area contributed by atoms with Gasteiger partial charge in [0.1, 0.15) is 0 Å². The molecule has 4 rings (SSSR count). The number of ether oxygens (including phenoxy) is 1. The van der Waals surface area contributed by atoms with Gasteiger partial charge in [-0.25, -0.2) is 4.98 Å². The Bertz CT molecular complexity index is 992. The lowest BCUT2D eigenvalue weighted by Gasteiger charge is -2.29. The molecule has 0 bridgehead atoms. The number of rotatable bonds is 6. The van der Waals surface area contributed by atoms with E-state index in [0.29, 0.717) is 22.3 Å². The normalized spacial score (nSPS) is 14.5. The molecule has 2 heterocycles. The Balaban J connectivity index is 0.00000256. The van der Waals surface area contributed by atoms with Crippen molar-refractivity contribution in [1.82, 2.24) is 9.88 Å². The summed E-state index contributed by atoms with van der Waals surface area (Å²) < 4.78 is 6.41. The van der Waals surface area contributed by atoms with Gasteiger partial charge in [0.2, 0.25) is 0 Å². The number of carbonyl (C=O) groups excluding carboxylic acids is 1. The van der Waals surface area contributed by atoms with Crippen molar-refractivity contribution in [2.75, 3.05) is 50.5 Å². The van der Waals surface area contributed by atoms with Crippen LogP contribution in [0.5, 0.6) is 0 Å². The molecule has 0 atom stereocenters. The molecule has 0 saturated carbocycles. The Labute approximate surface area is 195 Å². The number of thiazole rings is 1. The second-order valence-electron chi connectivity index (χ2n) is 6.75. The molecule has 0 spiro atoms. The zero-order valence-corrected chi connectivity index (χ0v) is 19.8. The first-order valence-corrected chi connectivity index (χ1v) is 11.9. The van der Waals surface area contributed by atoms with E-state index >= 15 is 0 Å². The molecule has 0 unspecified atom stereocenters. The molecular formula is C21H23Cl2N3O2S2. The van der Waals surface area contributed by atoms with Crippen LogP contribution in [0.4, 0.5) is 5.13 Å². The second kappa shape index (κ2) is 10.8. The molecule has 1 aromatic heterocycles. The highest BCUT2D eigenvalue weighted by atomic mass is 35.5. The van der Waals surface area contributed by atoms with Gasteiger partial charge >= 0.3 is 0 Å². The van der Waals surface area contributed by atoms with Crippen molar-refractivity contribution in [2.45, 2.75) is 4.90 Å². The molecule has 3 aromatic rings. The zero-order valence-electron chi connectivity index (χ0n) is 16.5. The van der Waals surface area contributed by atoms with Gasteiger partial charge in [-0.2, -0.15) is 0 Å². The molecule has 1 saturated heterocycles.